The Morgan fingerprint density at radius 1 is 0.841 bits per heavy atom. The number of fused-ring (bicyclic) bond motifs is 1. The summed E-state index contributed by atoms with van der Waals surface area (Å²) in [6, 6.07) is 27.8. The van der Waals surface area contributed by atoms with Crippen LogP contribution in [0.4, 0.5) is 11.4 Å². The van der Waals surface area contributed by atoms with Crippen LogP contribution in [0.5, 0.6) is 5.75 Å². The first-order chi connectivity index (χ1) is 21.2. The maximum atomic E-state index is 14.3. The van der Waals surface area contributed by atoms with Gasteiger partial charge in [-0.1, -0.05) is 74.5 Å². The zero-order chi connectivity index (χ0) is 31.4. The molecule has 8 heteroatoms. The summed E-state index contributed by atoms with van der Waals surface area (Å²) in [4.78, 5) is 56.9. The number of anilines is 2. The van der Waals surface area contributed by atoms with Gasteiger partial charge in [-0.2, -0.15) is 0 Å². The zero-order valence-corrected chi connectivity index (χ0v) is 25.2. The monoisotopic (exact) mass is 589 g/mol. The lowest BCUT2D eigenvalue weighted by molar-refractivity contribution is -0.139. The van der Waals surface area contributed by atoms with Crippen LogP contribution in [-0.2, 0) is 20.9 Å². The second-order valence-corrected chi connectivity index (χ2v) is 11.1. The van der Waals surface area contributed by atoms with Gasteiger partial charge in [-0.05, 0) is 71.5 Å². The number of aryl methyl sites for hydroxylation is 1. The van der Waals surface area contributed by atoms with E-state index in [0.717, 1.165) is 16.7 Å². The third-order valence-corrected chi connectivity index (χ3v) is 7.93. The molecule has 0 radical (unpaired) electrons. The van der Waals surface area contributed by atoms with Gasteiger partial charge < -0.3 is 15.0 Å². The molecule has 0 bridgehead atoms. The smallest absolute Gasteiger partial charge is 0.299 e. The lowest BCUT2D eigenvalue weighted by Crippen LogP contribution is -2.46. The molecule has 44 heavy (non-hydrogen) atoms. The number of nitrogens with one attached hydrogen (secondary N) is 1. The van der Waals surface area contributed by atoms with Crippen molar-refractivity contribution in [3.8, 4) is 5.75 Å². The summed E-state index contributed by atoms with van der Waals surface area (Å²) in [6.45, 7) is 5.83. The molecule has 4 aromatic carbocycles. The van der Waals surface area contributed by atoms with Gasteiger partial charge in [0.05, 0.1) is 18.4 Å². The molecule has 3 amide bonds. The van der Waals surface area contributed by atoms with E-state index >= 15 is 0 Å². The van der Waals surface area contributed by atoms with Crippen molar-refractivity contribution in [3.63, 3.8) is 0 Å². The van der Waals surface area contributed by atoms with E-state index in [1.54, 1.807) is 55.6 Å². The molecular formula is C36H35N3O5. The van der Waals surface area contributed by atoms with Gasteiger partial charge in [-0.25, -0.2) is 0 Å². The van der Waals surface area contributed by atoms with Crippen molar-refractivity contribution in [2.45, 2.75) is 39.3 Å². The maximum absolute atomic E-state index is 14.3. The molecule has 4 aromatic rings. The predicted molar refractivity (Wildman–Crippen MR) is 170 cm³/mol. The quantitative estimate of drug-likeness (QED) is 0.227. The standard InChI is InChI=1S/C36H35N3O5/c1-23(2)25-13-15-26(16-14-25)33(35(42)37-28-17-19-29(44-4)20-18-28)39(21-27-10-6-5-9-24(27)3)32(40)22-38-31-12-8-7-11-30(31)34(41)36(38)43/h5-20,23,33H,21-22H2,1-4H3,(H,37,42)/t33-/m0/s1. The lowest BCUT2D eigenvalue weighted by atomic mass is 9.97. The molecule has 0 saturated heterocycles. The number of carbonyl (C=O) groups is 4. The molecule has 0 spiro atoms. The molecule has 1 aliphatic heterocycles. The van der Waals surface area contributed by atoms with Crippen molar-refractivity contribution >= 4 is 34.9 Å². The van der Waals surface area contributed by atoms with Crippen LogP contribution in [0.25, 0.3) is 0 Å². The minimum Gasteiger partial charge on any atom is -0.497 e. The van der Waals surface area contributed by atoms with E-state index in [-0.39, 0.29) is 18.0 Å². The van der Waals surface area contributed by atoms with Gasteiger partial charge in [0.2, 0.25) is 5.91 Å². The van der Waals surface area contributed by atoms with Gasteiger partial charge in [-0.3, -0.25) is 24.1 Å². The fraction of sp³-hybridized carbons (Fsp3) is 0.222. The van der Waals surface area contributed by atoms with Crippen LogP contribution >= 0.6 is 0 Å². The Hall–Kier alpha value is -5.24. The molecule has 0 aliphatic carbocycles. The Bertz CT molecular complexity index is 1700. The van der Waals surface area contributed by atoms with Gasteiger partial charge in [-0.15, -0.1) is 0 Å². The van der Waals surface area contributed by atoms with Crippen LogP contribution in [0.15, 0.2) is 97.1 Å². The van der Waals surface area contributed by atoms with Gasteiger partial charge in [0.1, 0.15) is 18.3 Å². The highest BCUT2D eigenvalue weighted by Gasteiger charge is 2.39. The van der Waals surface area contributed by atoms with E-state index in [2.05, 4.69) is 19.2 Å². The molecule has 0 saturated carbocycles. The molecule has 1 atom stereocenters. The molecule has 0 aromatic heterocycles. The van der Waals surface area contributed by atoms with Crippen molar-refractivity contribution in [1.29, 1.82) is 0 Å². The summed E-state index contributed by atoms with van der Waals surface area (Å²) in [7, 11) is 1.57. The SMILES string of the molecule is COc1ccc(NC(=O)[C@H](c2ccc(C(C)C)cc2)N(Cc2ccccc2C)C(=O)CN2C(=O)C(=O)c3ccccc32)cc1. The minimum absolute atomic E-state index is 0.107. The first-order valence-electron chi connectivity index (χ1n) is 14.5. The molecule has 1 heterocycles. The summed E-state index contributed by atoms with van der Waals surface area (Å²) < 4.78 is 5.25. The second-order valence-electron chi connectivity index (χ2n) is 11.1. The highest BCUT2D eigenvalue weighted by atomic mass is 16.5. The Morgan fingerprint density at radius 2 is 1.48 bits per heavy atom. The van der Waals surface area contributed by atoms with Gasteiger partial charge >= 0.3 is 0 Å². The molecule has 8 nitrogen and oxygen atoms in total. The summed E-state index contributed by atoms with van der Waals surface area (Å²) >= 11 is 0. The maximum Gasteiger partial charge on any atom is 0.299 e. The van der Waals surface area contributed by atoms with Crippen molar-refractivity contribution in [1.82, 2.24) is 4.90 Å². The van der Waals surface area contributed by atoms with E-state index in [9.17, 15) is 19.2 Å². The number of methoxy groups -OCH3 is 1. The van der Waals surface area contributed by atoms with Crippen LogP contribution in [0.2, 0.25) is 0 Å². The average molecular weight is 590 g/mol. The third kappa shape index (κ3) is 6.24. The fourth-order valence-corrected chi connectivity index (χ4v) is 5.35. The van der Waals surface area contributed by atoms with Gasteiger partial charge in [0.15, 0.2) is 0 Å². The Morgan fingerprint density at radius 3 is 2.14 bits per heavy atom. The Labute approximate surface area is 257 Å². The number of amides is 3. The van der Waals surface area contributed by atoms with Crippen LogP contribution < -0.4 is 15.0 Å². The van der Waals surface area contributed by atoms with E-state index in [1.165, 1.54) is 9.80 Å². The van der Waals surface area contributed by atoms with Crippen molar-refractivity contribution in [2.75, 3.05) is 23.9 Å². The number of Topliss-reactive ketones (excluding diaryl/α,β-unsaturated/α-hetero) is 1. The predicted octanol–water partition coefficient (Wildman–Crippen LogP) is 6.07. The summed E-state index contributed by atoms with van der Waals surface area (Å²) in [5.74, 6) is -1.40. The highest BCUT2D eigenvalue weighted by Crippen LogP contribution is 2.31. The van der Waals surface area contributed by atoms with Crippen molar-refractivity contribution in [2.24, 2.45) is 0 Å². The first kappa shape index (κ1) is 30.2. The number of hydrogen-bond acceptors (Lipinski definition) is 5. The number of ether oxygens (including phenoxy) is 1. The van der Waals surface area contributed by atoms with Crippen LogP contribution in [0.3, 0.4) is 0 Å². The number of benzene rings is 4. The van der Waals surface area contributed by atoms with E-state index < -0.39 is 36.1 Å². The molecule has 1 N–H and O–H groups in total. The lowest BCUT2D eigenvalue weighted by Gasteiger charge is -2.33. The molecular weight excluding hydrogens is 554 g/mol. The summed E-state index contributed by atoms with van der Waals surface area (Å²) in [5, 5.41) is 2.97. The number of ketones is 1. The fourth-order valence-electron chi connectivity index (χ4n) is 5.35. The molecule has 5 rings (SSSR count). The Balaban J connectivity index is 1.57. The minimum atomic E-state index is -1.05. The molecule has 0 unspecified atom stereocenters. The number of para-hydroxylation sites is 1. The van der Waals surface area contributed by atoms with Crippen LogP contribution in [0, 0.1) is 6.92 Å². The van der Waals surface area contributed by atoms with Gasteiger partial charge in [0.25, 0.3) is 17.6 Å². The van der Waals surface area contributed by atoms with E-state index in [0.29, 0.717) is 22.7 Å². The molecule has 224 valence electrons. The highest BCUT2D eigenvalue weighted by molar-refractivity contribution is 6.52. The number of hydrogen-bond donors (Lipinski definition) is 1. The van der Waals surface area contributed by atoms with Crippen molar-refractivity contribution < 1.29 is 23.9 Å². The summed E-state index contributed by atoms with van der Waals surface area (Å²) in [6.07, 6.45) is 0. The average Bonchev–Trinajstić information content (AvgIpc) is 3.27. The molecule has 0 fully saturated rings. The third-order valence-electron chi connectivity index (χ3n) is 7.93. The van der Waals surface area contributed by atoms with Crippen molar-refractivity contribution in [3.05, 3.63) is 125 Å². The second kappa shape index (κ2) is 13.0. The van der Waals surface area contributed by atoms with Crippen LogP contribution in [0.1, 0.15) is 58.4 Å². The first-order valence-corrected chi connectivity index (χ1v) is 14.5. The van der Waals surface area contributed by atoms with Gasteiger partial charge in [0, 0.05) is 12.2 Å². The van der Waals surface area contributed by atoms with Crippen LogP contribution in [-0.4, -0.2) is 42.1 Å². The number of rotatable bonds is 10. The molecule has 1 aliphatic rings. The largest absolute Gasteiger partial charge is 0.497 e. The normalized spacial score (nSPS) is 13.1. The topological polar surface area (TPSA) is 96.0 Å². The number of carbonyl (C=O) groups excluding carboxylic acids is 4. The summed E-state index contributed by atoms with van der Waals surface area (Å²) in [5.41, 5.74) is 4.70. The number of nitrogens with zero attached hydrogens (tertiary/aromatic N) is 2. The Kier molecular flexibility index (Phi) is 8.90. The van der Waals surface area contributed by atoms with E-state index in [4.69, 9.17) is 4.74 Å². The zero-order valence-electron chi connectivity index (χ0n) is 25.2. The van der Waals surface area contributed by atoms with E-state index in [1.807, 2.05) is 55.5 Å².